The second-order valence-corrected chi connectivity index (χ2v) is 6.13. The number of alkyl halides is 4. The van der Waals surface area contributed by atoms with E-state index in [0.29, 0.717) is 0 Å². The van der Waals surface area contributed by atoms with Crippen LogP contribution < -0.4 is 21.1 Å². The van der Waals surface area contributed by atoms with Gasteiger partial charge in [0.25, 0.3) is 0 Å². The first-order chi connectivity index (χ1) is 13.6. The number of carbonyl (C=O) groups excluding carboxylic acids is 2. The van der Waals surface area contributed by atoms with Gasteiger partial charge in [0.2, 0.25) is 11.8 Å². The molecule has 0 aliphatic rings. The zero-order valence-corrected chi connectivity index (χ0v) is 15.3. The predicted molar refractivity (Wildman–Crippen MR) is 98.7 cm³/mol. The van der Waals surface area contributed by atoms with Crippen LogP contribution in [0.15, 0.2) is 48.5 Å². The van der Waals surface area contributed by atoms with Gasteiger partial charge >= 0.3 is 12.5 Å². The number of hydrogen-bond donors (Lipinski definition) is 3. The minimum Gasteiger partial charge on any atom is -0.426 e. The molecule has 0 saturated carbocycles. The fraction of sp³-hybridized carbons (Fsp3) is 0.263. The van der Waals surface area contributed by atoms with E-state index in [2.05, 4.69) is 15.4 Å². The molecule has 2 rings (SSSR count). The molecule has 0 bridgehead atoms. The molecule has 10 heteroatoms. The topological polar surface area (TPSA) is 93.5 Å². The van der Waals surface area contributed by atoms with Crippen molar-refractivity contribution in [3.8, 4) is 5.75 Å². The highest BCUT2D eigenvalue weighted by atomic mass is 19.3. The average molecular weight is 413 g/mol. The van der Waals surface area contributed by atoms with Gasteiger partial charge in [-0.2, -0.15) is 17.6 Å². The largest absolute Gasteiger partial charge is 0.461 e. The van der Waals surface area contributed by atoms with Crippen LogP contribution in [0.1, 0.15) is 24.9 Å². The number of rotatable bonds is 8. The summed E-state index contributed by atoms with van der Waals surface area (Å²) in [5.41, 5.74) is 6.06. The van der Waals surface area contributed by atoms with Gasteiger partial charge in [-0.3, -0.25) is 9.59 Å². The first-order valence-electron chi connectivity index (χ1n) is 8.45. The van der Waals surface area contributed by atoms with Gasteiger partial charge in [0.05, 0.1) is 18.2 Å². The maximum absolute atomic E-state index is 13.0. The van der Waals surface area contributed by atoms with E-state index in [-0.39, 0.29) is 23.7 Å². The Morgan fingerprint density at radius 2 is 1.79 bits per heavy atom. The Labute approximate surface area is 164 Å². The fourth-order valence-electron chi connectivity index (χ4n) is 2.49. The number of nitrogen functional groups attached to an aromatic ring is 1. The van der Waals surface area contributed by atoms with Crippen molar-refractivity contribution >= 4 is 23.2 Å². The van der Waals surface area contributed by atoms with Crippen molar-refractivity contribution in [2.45, 2.75) is 31.9 Å². The standard InChI is InChI=1S/C19H19F4N3O3/c1-11(27)25-15(12-5-3-2-4-6-12)10-17(28)26-13-7-8-16(14(24)9-13)29-19(22,23)18(20)21/h2-9,15,18H,10,24H2,1H3,(H,25,27)(H,26,28)/t15-/m0/s1. The van der Waals surface area contributed by atoms with Crippen LogP contribution in [0.4, 0.5) is 28.9 Å². The molecule has 2 aromatic carbocycles. The van der Waals surface area contributed by atoms with Gasteiger partial charge in [-0.1, -0.05) is 30.3 Å². The molecule has 0 heterocycles. The van der Waals surface area contributed by atoms with Gasteiger partial charge in [0.1, 0.15) is 5.75 Å². The second-order valence-electron chi connectivity index (χ2n) is 6.13. The minimum absolute atomic E-state index is 0.106. The first-order valence-corrected chi connectivity index (χ1v) is 8.45. The van der Waals surface area contributed by atoms with Crippen LogP contribution in [0.3, 0.4) is 0 Å². The molecule has 0 fully saturated rings. The monoisotopic (exact) mass is 413 g/mol. The summed E-state index contributed by atoms with van der Waals surface area (Å²) in [6.45, 7) is 1.32. The fourth-order valence-corrected chi connectivity index (χ4v) is 2.49. The van der Waals surface area contributed by atoms with E-state index in [1.807, 2.05) is 0 Å². The zero-order valence-electron chi connectivity index (χ0n) is 15.3. The van der Waals surface area contributed by atoms with Crippen molar-refractivity contribution in [2.75, 3.05) is 11.1 Å². The summed E-state index contributed by atoms with van der Waals surface area (Å²) in [5.74, 6) is -1.45. The highest BCUT2D eigenvalue weighted by Crippen LogP contribution is 2.33. The maximum atomic E-state index is 13.0. The number of ether oxygens (including phenoxy) is 1. The molecule has 1 atom stereocenters. The number of halogens is 4. The summed E-state index contributed by atoms with van der Waals surface area (Å²) < 4.78 is 54.4. The third-order valence-corrected chi connectivity index (χ3v) is 3.76. The molecule has 0 aliphatic heterocycles. The molecule has 6 nitrogen and oxygen atoms in total. The molecule has 29 heavy (non-hydrogen) atoms. The van der Waals surface area contributed by atoms with Crippen molar-refractivity contribution in [1.29, 1.82) is 0 Å². The van der Waals surface area contributed by atoms with Crippen LogP contribution in [-0.2, 0) is 9.59 Å². The van der Waals surface area contributed by atoms with E-state index in [4.69, 9.17) is 5.73 Å². The van der Waals surface area contributed by atoms with Gasteiger partial charge < -0.3 is 21.1 Å². The summed E-state index contributed by atoms with van der Waals surface area (Å²) in [7, 11) is 0. The van der Waals surface area contributed by atoms with Gasteiger partial charge in [-0.25, -0.2) is 0 Å². The van der Waals surface area contributed by atoms with E-state index in [9.17, 15) is 27.2 Å². The molecule has 2 amide bonds. The molecule has 4 N–H and O–H groups in total. The minimum atomic E-state index is -4.69. The summed E-state index contributed by atoms with van der Waals surface area (Å²) in [4.78, 5) is 23.8. The number of hydrogen-bond acceptors (Lipinski definition) is 4. The van der Waals surface area contributed by atoms with E-state index in [1.54, 1.807) is 30.3 Å². The van der Waals surface area contributed by atoms with Crippen LogP contribution in [0, 0.1) is 0 Å². The average Bonchev–Trinajstić information content (AvgIpc) is 2.63. The number of amides is 2. The van der Waals surface area contributed by atoms with E-state index >= 15 is 0 Å². The molecular weight excluding hydrogens is 394 g/mol. The SMILES string of the molecule is CC(=O)N[C@@H](CC(=O)Nc1ccc(OC(F)(F)C(F)F)c(N)c1)c1ccccc1. The molecule has 0 aromatic heterocycles. The van der Waals surface area contributed by atoms with Crippen LogP contribution in [-0.4, -0.2) is 24.3 Å². The summed E-state index contributed by atoms with van der Waals surface area (Å²) in [5, 5.41) is 5.18. The van der Waals surface area contributed by atoms with Crippen molar-refractivity contribution in [2.24, 2.45) is 0 Å². The third-order valence-electron chi connectivity index (χ3n) is 3.76. The van der Waals surface area contributed by atoms with Crippen LogP contribution in [0.25, 0.3) is 0 Å². The molecule has 0 spiro atoms. The summed E-state index contributed by atoms with van der Waals surface area (Å²) in [6, 6.07) is 11.5. The summed E-state index contributed by atoms with van der Waals surface area (Å²) >= 11 is 0. The Morgan fingerprint density at radius 3 is 2.34 bits per heavy atom. The second kappa shape index (κ2) is 9.26. The van der Waals surface area contributed by atoms with E-state index in [1.165, 1.54) is 13.0 Å². The third kappa shape index (κ3) is 6.37. The highest BCUT2D eigenvalue weighted by molar-refractivity contribution is 5.92. The Balaban J connectivity index is 2.07. The Hall–Kier alpha value is -3.30. The molecule has 2 aromatic rings. The zero-order chi connectivity index (χ0) is 21.6. The first kappa shape index (κ1) is 22.0. The van der Waals surface area contributed by atoms with Crippen molar-refractivity contribution < 1.29 is 31.9 Å². The molecule has 0 saturated heterocycles. The molecule has 0 radical (unpaired) electrons. The lowest BCUT2D eigenvalue weighted by Gasteiger charge is -2.19. The molecule has 0 unspecified atom stereocenters. The molecule has 0 aliphatic carbocycles. The lowest BCUT2D eigenvalue weighted by atomic mass is 10.0. The normalized spacial score (nSPS) is 12.3. The summed E-state index contributed by atoms with van der Waals surface area (Å²) in [6.07, 6.45) is -8.82. The number of benzene rings is 2. The van der Waals surface area contributed by atoms with E-state index < -0.39 is 30.2 Å². The van der Waals surface area contributed by atoms with Crippen LogP contribution >= 0.6 is 0 Å². The molecule has 156 valence electrons. The molecular formula is C19H19F4N3O3. The quantitative estimate of drug-likeness (QED) is 0.454. The number of carbonyl (C=O) groups is 2. The Bertz CT molecular complexity index is 863. The van der Waals surface area contributed by atoms with Crippen LogP contribution in [0.5, 0.6) is 5.75 Å². The van der Waals surface area contributed by atoms with Crippen molar-refractivity contribution in [3.05, 3.63) is 54.1 Å². The lowest BCUT2D eigenvalue weighted by Crippen LogP contribution is -2.33. The number of anilines is 2. The Kier molecular flexibility index (Phi) is 7.03. The van der Waals surface area contributed by atoms with Crippen LogP contribution in [0.2, 0.25) is 0 Å². The van der Waals surface area contributed by atoms with Gasteiger partial charge in [0, 0.05) is 12.6 Å². The predicted octanol–water partition coefficient (Wildman–Crippen LogP) is 3.71. The van der Waals surface area contributed by atoms with E-state index in [0.717, 1.165) is 17.7 Å². The lowest BCUT2D eigenvalue weighted by molar-refractivity contribution is -0.252. The van der Waals surface area contributed by atoms with Gasteiger partial charge in [-0.15, -0.1) is 0 Å². The van der Waals surface area contributed by atoms with Crippen molar-refractivity contribution in [3.63, 3.8) is 0 Å². The Morgan fingerprint density at radius 1 is 1.14 bits per heavy atom. The highest BCUT2D eigenvalue weighted by Gasteiger charge is 2.44. The maximum Gasteiger partial charge on any atom is 0.461 e. The number of nitrogens with two attached hydrogens (primary N) is 1. The number of nitrogens with one attached hydrogen (secondary N) is 2. The smallest absolute Gasteiger partial charge is 0.426 e. The van der Waals surface area contributed by atoms with Gasteiger partial charge in [-0.05, 0) is 23.8 Å². The van der Waals surface area contributed by atoms with Crippen molar-refractivity contribution in [1.82, 2.24) is 5.32 Å². The van der Waals surface area contributed by atoms with Gasteiger partial charge in [0.15, 0.2) is 0 Å².